The van der Waals surface area contributed by atoms with Gasteiger partial charge in [-0.15, -0.1) is 0 Å². The number of ether oxygens (including phenoxy) is 2. The largest absolute Gasteiger partial charge is 0.497 e. The highest BCUT2D eigenvalue weighted by atomic mass is 127. The lowest BCUT2D eigenvalue weighted by Gasteiger charge is -2.51. The van der Waals surface area contributed by atoms with Crippen LogP contribution in [0.2, 0.25) is 18.1 Å². The Morgan fingerprint density at radius 3 is 2.27 bits per heavy atom. The fraction of sp³-hybridized carbons (Fsp3) is 0.467. The summed E-state index contributed by atoms with van der Waals surface area (Å²) in [5.74, 6) is -0.536. The number of amides is 1. The van der Waals surface area contributed by atoms with E-state index in [9.17, 15) is 18.0 Å². The van der Waals surface area contributed by atoms with E-state index in [1.165, 1.54) is 10.3 Å². The Balaban J connectivity index is 1.78. The number of rotatable bonds is 12. The minimum absolute atomic E-state index is 0.0490. The fourth-order valence-electron chi connectivity index (χ4n) is 4.46. The molecular formula is C30H40INO7SSi. The van der Waals surface area contributed by atoms with Crippen LogP contribution in [0.15, 0.2) is 68.5 Å². The molecule has 0 aliphatic carbocycles. The number of sulfone groups is 1. The van der Waals surface area contributed by atoms with Crippen LogP contribution in [-0.4, -0.2) is 59.3 Å². The zero-order valence-electron chi connectivity index (χ0n) is 24.7. The van der Waals surface area contributed by atoms with E-state index >= 15 is 0 Å². The van der Waals surface area contributed by atoms with Gasteiger partial charge in [0.25, 0.3) is 0 Å². The Kier molecular flexibility index (Phi) is 10.9. The summed E-state index contributed by atoms with van der Waals surface area (Å²) in [7, 11) is -4.28. The maximum Gasteiger partial charge on any atom is 0.325 e. The minimum Gasteiger partial charge on any atom is -0.497 e. The van der Waals surface area contributed by atoms with Crippen molar-refractivity contribution in [1.29, 1.82) is 0 Å². The lowest BCUT2D eigenvalue weighted by Crippen LogP contribution is -2.66. The fourth-order valence-corrected chi connectivity index (χ4v) is 8.45. The van der Waals surface area contributed by atoms with Crippen LogP contribution in [0.1, 0.15) is 39.7 Å². The predicted octanol–water partition coefficient (Wildman–Crippen LogP) is 6.12. The molecule has 3 rings (SSSR count). The number of carbonyl (C=O) groups is 2. The van der Waals surface area contributed by atoms with Crippen molar-refractivity contribution in [3.63, 3.8) is 0 Å². The zero-order chi connectivity index (χ0) is 30.6. The number of halogens is 1. The molecule has 0 aromatic heterocycles. The summed E-state index contributed by atoms with van der Waals surface area (Å²) in [5.41, 5.74) is 0.795. The van der Waals surface area contributed by atoms with Gasteiger partial charge < -0.3 is 18.8 Å². The van der Waals surface area contributed by atoms with Gasteiger partial charge in [0.15, 0.2) is 8.32 Å². The monoisotopic (exact) mass is 713 g/mol. The van der Waals surface area contributed by atoms with Crippen LogP contribution in [0.3, 0.4) is 0 Å². The van der Waals surface area contributed by atoms with Gasteiger partial charge in [-0.2, -0.15) is 0 Å². The second kappa shape index (κ2) is 13.4. The van der Waals surface area contributed by atoms with Gasteiger partial charge >= 0.3 is 5.97 Å². The molecule has 2 aromatic rings. The van der Waals surface area contributed by atoms with Crippen molar-refractivity contribution in [2.45, 2.75) is 75.9 Å². The topological polar surface area (TPSA) is 99.2 Å². The Bertz CT molecular complexity index is 1360. The summed E-state index contributed by atoms with van der Waals surface area (Å²) in [6.45, 7) is 12.4. The molecule has 0 unspecified atom stereocenters. The quantitative estimate of drug-likeness (QED) is 0.113. The van der Waals surface area contributed by atoms with Crippen LogP contribution < -0.4 is 4.74 Å². The molecule has 0 spiro atoms. The molecule has 8 nitrogen and oxygen atoms in total. The maximum absolute atomic E-state index is 13.4. The molecule has 0 saturated carbocycles. The van der Waals surface area contributed by atoms with Crippen LogP contribution in [0.25, 0.3) is 0 Å². The second-order valence-corrected chi connectivity index (χ2v) is 19.7. The number of esters is 1. The molecule has 1 heterocycles. The van der Waals surface area contributed by atoms with Gasteiger partial charge in [0.1, 0.15) is 18.9 Å². The van der Waals surface area contributed by atoms with Gasteiger partial charge in [-0.05, 0) is 77.5 Å². The molecule has 3 atom stereocenters. The van der Waals surface area contributed by atoms with Crippen LogP contribution in [-0.2, 0) is 35.2 Å². The van der Waals surface area contributed by atoms with Crippen molar-refractivity contribution >= 4 is 52.6 Å². The van der Waals surface area contributed by atoms with Gasteiger partial charge in [0.2, 0.25) is 15.7 Å². The molecule has 41 heavy (non-hydrogen) atoms. The average molecular weight is 714 g/mol. The lowest BCUT2D eigenvalue weighted by atomic mass is 9.81. The Labute approximate surface area is 258 Å². The summed E-state index contributed by atoms with van der Waals surface area (Å²) in [5, 5.41) is 1.19. The van der Waals surface area contributed by atoms with Gasteiger partial charge in [0, 0.05) is 15.4 Å². The highest BCUT2D eigenvalue weighted by molar-refractivity contribution is 14.1. The van der Waals surface area contributed by atoms with Gasteiger partial charge in [0.05, 0.1) is 30.1 Å². The molecule has 1 amide bonds. The smallest absolute Gasteiger partial charge is 0.325 e. The van der Waals surface area contributed by atoms with E-state index in [2.05, 4.69) is 33.9 Å². The second-order valence-electron chi connectivity index (χ2n) is 11.8. The third-order valence-corrected chi connectivity index (χ3v) is 15.1. The summed E-state index contributed by atoms with van der Waals surface area (Å²) in [6.07, 6.45) is -0.116. The van der Waals surface area contributed by atoms with Crippen LogP contribution in [0, 0.1) is 5.92 Å². The number of β-lactam (4-membered cyclic amide) rings is 1. The molecule has 11 heteroatoms. The van der Waals surface area contributed by atoms with Crippen molar-refractivity contribution in [3.05, 3.63) is 69.1 Å². The first-order chi connectivity index (χ1) is 19.1. The Morgan fingerprint density at radius 1 is 1.10 bits per heavy atom. The number of hydrogen-bond donors (Lipinski definition) is 0. The Hall–Kier alpha value is -2.22. The molecular weight excluding hydrogens is 673 g/mol. The molecule has 0 radical (unpaired) electrons. The highest BCUT2D eigenvalue weighted by Gasteiger charge is 2.52. The maximum atomic E-state index is 13.4. The van der Waals surface area contributed by atoms with Gasteiger partial charge in [-0.25, -0.2) is 8.42 Å². The number of methoxy groups -OCH3 is 1. The molecule has 224 valence electrons. The van der Waals surface area contributed by atoms with E-state index in [1.807, 2.05) is 29.5 Å². The molecule has 1 fully saturated rings. The zero-order valence-corrected chi connectivity index (χ0v) is 28.7. The van der Waals surface area contributed by atoms with Crippen LogP contribution in [0.5, 0.6) is 5.75 Å². The van der Waals surface area contributed by atoms with Crippen molar-refractivity contribution in [3.8, 4) is 5.75 Å². The van der Waals surface area contributed by atoms with Gasteiger partial charge in [-0.1, -0.05) is 51.1 Å². The summed E-state index contributed by atoms with van der Waals surface area (Å²) in [4.78, 5) is 27.9. The number of carbonyl (C=O) groups excluding carboxylic acids is 2. The molecule has 1 aliphatic heterocycles. The van der Waals surface area contributed by atoms with Crippen LogP contribution in [0.4, 0.5) is 0 Å². The van der Waals surface area contributed by atoms with E-state index in [4.69, 9.17) is 13.9 Å². The molecule has 1 saturated heterocycles. The van der Waals surface area contributed by atoms with E-state index in [-0.39, 0.29) is 35.4 Å². The molecule has 0 bridgehead atoms. The summed E-state index contributed by atoms with van der Waals surface area (Å²) < 4.78 is 43.7. The van der Waals surface area contributed by atoms with E-state index < -0.39 is 42.2 Å². The third-order valence-electron chi connectivity index (χ3n) is 7.79. The third kappa shape index (κ3) is 8.42. The van der Waals surface area contributed by atoms with Crippen molar-refractivity contribution in [2.24, 2.45) is 5.92 Å². The minimum atomic E-state index is -3.67. The van der Waals surface area contributed by atoms with E-state index in [1.54, 1.807) is 61.7 Å². The van der Waals surface area contributed by atoms with Gasteiger partial charge in [-0.3, -0.25) is 9.59 Å². The van der Waals surface area contributed by atoms with E-state index in [0.717, 1.165) is 5.56 Å². The normalized spacial score (nSPS) is 19.0. The molecule has 1 aliphatic rings. The number of hydrogen-bond acceptors (Lipinski definition) is 7. The summed E-state index contributed by atoms with van der Waals surface area (Å²) >= 11 is 2.01. The number of benzene rings is 2. The van der Waals surface area contributed by atoms with E-state index in [0.29, 0.717) is 9.33 Å². The first-order valence-electron chi connectivity index (χ1n) is 13.5. The summed E-state index contributed by atoms with van der Waals surface area (Å²) in [6, 6.07) is 15.0. The van der Waals surface area contributed by atoms with Crippen molar-refractivity contribution < 1.29 is 31.9 Å². The number of nitrogens with zero attached hydrogens (tertiary/aromatic N) is 1. The van der Waals surface area contributed by atoms with Crippen molar-refractivity contribution in [2.75, 3.05) is 13.7 Å². The molecule has 0 N–H and O–H groups in total. The number of likely N-dealkylation sites (tertiary alicyclic amines) is 1. The SMILES string of the molecule is COc1ccc(COC(=O)CN2C(=O)[C@@H]([C@@H](C)O[Si](C)(C)C(C)(C)C)[C@H]2C/C(I)=C\S(=O)(=O)c2ccccc2)cc1. The lowest BCUT2D eigenvalue weighted by molar-refractivity contribution is -0.170. The van der Waals surface area contributed by atoms with Crippen LogP contribution >= 0.6 is 22.6 Å². The first-order valence-corrected chi connectivity index (χ1v) is 19.0. The Morgan fingerprint density at radius 2 is 1.71 bits per heavy atom. The molecule has 2 aromatic carbocycles. The average Bonchev–Trinajstić information content (AvgIpc) is 2.90. The van der Waals surface area contributed by atoms with Crippen molar-refractivity contribution in [1.82, 2.24) is 4.90 Å². The highest BCUT2D eigenvalue weighted by Crippen LogP contribution is 2.42. The predicted molar refractivity (Wildman–Crippen MR) is 170 cm³/mol. The first kappa shape index (κ1) is 33.3. The standard InChI is InChI=1S/C30H40INO7SSi/c1-21(39-41(6,7)30(2,3)4)28-26(17-23(31)20-40(35,36)25-11-9-8-10-12-25)32(29(28)34)18-27(33)38-19-22-13-15-24(37-5)16-14-22/h8-16,20-21,26,28H,17-19H2,1-7H3/b23-20+/t21-,26-,28+/m1/s1.